The lowest BCUT2D eigenvalue weighted by Gasteiger charge is -2.05. The first kappa shape index (κ1) is 15.3. The highest BCUT2D eigenvalue weighted by Gasteiger charge is 2.08. The smallest absolute Gasteiger partial charge is 0.271 e. The molecule has 9 heteroatoms. The van der Waals surface area contributed by atoms with Gasteiger partial charge in [0.15, 0.2) is 0 Å². The summed E-state index contributed by atoms with van der Waals surface area (Å²) in [5.74, 6) is 0.0245. The van der Waals surface area contributed by atoms with Gasteiger partial charge >= 0.3 is 0 Å². The van der Waals surface area contributed by atoms with Crippen molar-refractivity contribution < 1.29 is 13.2 Å². The molecule has 1 aromatic rings. The molecule has 0 saturated carbocycles. The SMILES string of the molecule is CCNc1cnc(C(=O)NCCCS(N)(=O)=O)cn1. The minimum atomic E-state index is -3.49. The van der Waals surface area contributed by atoms with E-state index in [-0.39, 0.29) is 24.4 Å². The molecule has 1 amide bonds. The molecule has 0 aliphatic heterocycles. The van der Waals surface area contributed by atoms with E-state index in [0.29, 0.717) is 12.4 Å². The Morgan fingerprint density at radius 2 is 2.11 bits per heavy atom. The summed E-state index contributed by atoms with van der Waals surface area (Å²) in [7, 11) is -3.49. The van der Waals surface area contributed by atoms with E-state index >= 15 is 0 Å². The largest absolute Gasteiger partial charge is 0.369 e. The van der Waals surface area contributed by atoms with Crippen molar-refractivity contribution in [3.63, 3.8) is 0 Å². The van der Waals surface area contributed by atoms with Gasteiger partial charge in [-0.05, 0) is 13.3 Å². The van der Waals surface area contributed by atoms with E-state index in [1.54, 1.807) is 0 Å². The summed E-state index contributed by atoms with van der Waals surface area (Å²) in [5, 5.41) is 10.3. The molecule has 0 fully saturated rings. The number of sulfonamides is 1. The Balaban J connectivity index is 2.41. The fraction of sp³-hybridized carbons (Fsp3) is 0.500. The summed E-state index contributed by atoms with van der Waals surface area (Å²) in [6, 6.07) is 0. The van der Waals surface area contributed by atoms with E-state index in [1.807, 2.05) is 6.92 Å². The maximum Gasteiger partial charge on any atom is 0.271 e. The van der Waals surface area contributed by atoms with Crippen LogP contribution in [-0.2, 0) is 10.0 Å². The Kier molecular flexibility index (Phi) is 5.64. The van der Waals surface area contributed by atoms with Crippen molar-refractivity contribution in [2.75, 3.05) is 24.2 Å². The highest BCUT2D eigenvalue weighted by molar-refractivity contribution is 7.89. The van der Waals surface area contributed by atoms with Gasteiger partial charge in [0.25, 0.3) is 5.91 Å². The predicted molar refractivity (Wildman–Crippen MR) is 71.1 cm³/mol. The molecular formula is C10H17N5O3S. The number of anilines is 1. The zero-order valence-corrected chi connectivity index (χ0v) is 11.4. The van der Waals surface area contributed by atoms with Crippen LogP contribution in [0.1, 0.15) is 23.8 Å². The molecule has 1 heterocycles. The summed E-state index contributed by atoms with van der Waals surface area (Å²) in [4.78, 5) is 19.6. The number of nitrogens with one attached hydrogen (secondary N) is 2. The van der Waals surface area contributed by atoms with E-state index in [2.05, 4.69) is 20.6 Å². The summed E-state index contributed by atoms with van der Waals surface area (Å²) in [6.07, 6.45) is 3.07. The number of hydrogen-bond acceptors (Lipinski definition) is 6. The Bertz CT molecular complexity index is 514. The molecule has 0 unspecified atom stereocenters. The summed E-state index contributed by atoms with van der Waals surface area (Å²) >= 11 is 0. The Morgan fingerprint density at radius 1 is 1.37 bits per heavy atom. The number of carbonyl (C=O) groups is 1. The third kappa shape index (κ3) is 6.11. The number of primary sulfonamides is 1. The van der Waals surface area contributed by atoms with Crippen LogP contribution >= 0.6 is 0 Å². The molecule has 0 aromatic carbocycles. The molecule has 1 rings (SSSR count). The van der Waals surface area contributed by atoms with Crippen molar-refractivity contribution in [3.05, 3.63) is 18.1 Å². The zero-order chi connectivity index (χ0) is 14.3. The van der Waals surface area contributed by atoms with Gasteiger partial charge in [0.2, 0.25) is 10.0 Å². The average Bonchev–Trinajstić information content (AvgIpc) is 2.34. The van der Waals surface area contributed by atoms with Crippen LogP contribution in [0.2, 0.25) is 0 Å². The molecule has 19 heavy (non-hydrogen) atoms. The van der Waals surface area contributed by atoms with Crippen LogP contribution in [0.3, 0.4) is 0 Å². The van der Waals surface area contributed by atoms with Crippen LogP contribution < -0.4 is 15.8 Å². The van der Waals surface area contributed by atoms with Gasteiger partial charge in [-0.15, -0.1) is 0 Å². The van der Waals surface area contributed by atoms with Crippen molar-refractivity contribution in [2.24, 2.45) is 5.14 Å². The first-order valence-electron chi connectivity index (χ1n) is 5.77. The van der Waals surface area contributed by atoms with Gasteiger partial charge < -0.3 is 10.6 Å². The van der Waals surface area contributed by atoms with Crippen LogP contribution in [0.15, 0.2) is 12.4 Å². The first-order valence-corrected chi connectivity index (χ1v) is 7.48. The van der Waals surface area contributed by atoms with E-state index in [0.717, 1.165) is 0 Å². The number of rotatable bonds is 7. The normalized spacial score (nSPS) is 11.1. The number of hydrogen-bond donors (Lipinski definition) is 3. The van der Waals surface area contributed by atoms with Gasteiger partial charge in [0.05, 0.1) is 18.1 Å². The van der Waals surface area contributed by atoms with E-state index in [9.17, 15) is 13.2 Å². The fourth-order valence-electron chi connectivity index (χ4n) is 1.28. The van der Waals surface area contributed by atoms with Gasteiger partial charge in [0, 0.05) is 13.1 Å². The summed E-state index contributed by atoms with van der Waals surface area (Å²) in [6.45, 7) is 2.85. The summed E-state index contributed by atoms with van der Waals surface area (Å²) < 4.78 is 21.4. The third-order valence-corrected chi connectivity index (χ3v) is 2.99. The van der Waals surface area contributed by atoms with Crippen LogP contribution in [-0.4, -0.2) is 43.1 Å². The number of carbonyl (C=O) groups excluding carboxylic acids is 1. The van der Waals surface area contributed by atoms with Crippen LogP contribution in [0.4, 0.5) is 5.82 Å². The lowest BCUT2D eigenvalue weighted by molar-refractivity contribution is 0.0948. The number of aromatic nitrogens is 2. The highest BCUT2D eigenvalue weighted by Crippen LogP contribution is 2.00. The van der Waals surface area contributed by atoms with E-state index < -0.39 is 15.9 Å². The zero-order valence-electron chi connectivity index (χ0n) is 10.6. The number of nitrogens with zero attached hydrogens (tertiary/aromatic N) is 2. The Hall–Kier alpha value is -1.74. The number of amides is 1. The Morgan fingerprint density at radius 3 is 2.63 bits per heavy atom. The molecule has 0 aliphatic rings. The molecular weight excluding hydrogens is 270 g/mol. The van der Waals surface area contributed by atoms with Crippen LogP contribution in [0.5, 0.6) is 0 Å². The van der Waals surface area contributed by atoms with Gasteiger partial charge in [0.1, 0.15) is 11.5 Å². The number of nitrogens with two attached hydrogens (primary N) is 1. The minimum absolute atomic E-state index is 0.168. The quantitative estimate of drug-likeness (QED) is 0.570. The molecule has 0 saturated heterocycles. The van der Waals surface area contributed by atoms with Crippen LogP contribution in [0, 0.1) is 0 Å². The second-order valence-corrected chi connectivity index (χ2v) is 5.53. The second-order valence-electron chi connectivity index (χ2n) is 3.79. The Labute approximate surface area is 111 Å². The van der Waals surface area contributed by atoms with Gasteiger partial charge in [-0.3, -0.25) is 4.79 Å². The standard InChI is InChI=1S/C10H17N5O3S/c1-2-12-9-7-14-8(6-15-9)10(16)13-4-3-5-19(11,17)18/h6-7H,2-5H2,1H3,(H,12,15)(H,13,16)(H2,11,17,18). The summed E-state index contributed by atoms with van der Waals surface area (Å²) in [5.41, 5.74) is 0.178. The minimum Gasteiger partial charge on any atom is -0.369 e. The molecule has 0 bridgehead atoms. The monoisotopic (exact) mass is 287 g/mol. The van der Waals surface area contributed by atoms with Crippen molar-refractivity contribution in [1.82, 2.24) is 15.3 Å². The third-order valence-electron chi connectivity index (χ3n) is 2.13. The maximum absolute atomic E-state index is 11.6. The molecule has 1 aromatic heterocycles. The molecule has 8 nitrogen and oxygen atoms in total. The van der Waals surface area contributed by atoms with Gasteiger partial charge in [-0.1, -0.05) is 0 Å². The topological polar surface area (TPSA) is 127 Å². The van der Waals surface area contributed by atoms with E-state index in [4.69, 9.17) is 5.14 Å². The molecule has 4 N–H and O–H groups in total. The maximum atomic E-state index is 11.6. The fourth-order valence-corrected chi connectivity index (χ4v) is 1.83. The molecule has 0 aliphatic carbocycles. The average molecular weight is 287 g/mol. The highest BCUT2D eigenvalue weighted by atomic mass is 32.2. The molecule has 106 valence electrons. The van der Waals surface area contributed by atoms with Gasteiger partial charge in [-0.25, -0.2) is 23.5 Å². The van der Waals surface area contributed by atoms with Crippen molar-refractivity contribution in [1.29, 1.82) is 0 Å². The molecule has 0 spiro atoms. The first-order chi connectivity index (χ1) is 8.92. The predicted octanol–water partition coefficient (Wildman–Crippen LogP) is -0.683. The lowest BCUT2D eigenvalue weighted by atomic mass is 10.4. The van der Waals surface area contributed by atoms with Crippen LogP contribution in [0.25, 0.3) is 0 Å². The van der Waals surface area contributed by atoms with Gasteiger partial charge in [-0.2, -0.15) is 0 Å². The van der Waals surface area contributed by atoms with Crippen molar-refractivity contribution >= 4 is 21.7 Å². The lowest BCUT2D eigenvalue weighted by Crippen LogP contribution is -2.28. The molecule has 0 radical (unpaired) electrons. The van der Waals surface area contributed by atoms with E-state index in [1.165, 1.54) is 12.4 Å². The van der Waals surface area contributed by atoms with Crippen molar-refractivity contribution in [2.45, 2.75) is 13.3 Å². The second kappa shape index (κ2) is 7.00. The molecule has 0 atom stereocenters. The van der Waals surface area contributed by atoms with Crippen molar-refractivity contribution in [3.8, 4) is 0 Å².